The Morgan fingerprint density at radius 1 is 1.57 bits per heavy atom. The van der Waals surface area contributed by atoms with E-state index < -0.39 is 0 Å². The number of rotatable bonds is 0. The second-order valence-electron chi connectivity index (χ2n) is 0.105. The summed E-state index contributed by atoms with van der Waals surface area (Å²) < 4.78 is 0. The van der Waals surface area contributed by atoms with E-state index in [2.05, 4.69) is 12.6 Å². The van der Waals surface area contributed by atoms with Crippen LogP contribution in [0.2, 0.25) is 0 Å². The van der Waals surface area contributed by atoms with Gasteiger partial charge in [0.25, 0.3) is 0 Å². The van der Waals surface area contributed by atoms with Gasteiger partial charge >= 0.3 is 51.4 Å². The Morgan fingerprint density at radius 3 is 1.57 bits per heavy atom. The van der Waals surface area contributed by atoms with Crippen molar-refractivity contribution in [2.45, 2.75) is 0 Å². The van der Waals surface area contributed by atoms with E-state index in [9.17, 15) is 0 Å². The van der Waals surface area contributed by atoms with Gasteiger partial charge in [0.1, 0.15) is 0 Å². The Kier molecular flexibility index (Phi) is 146. The topological polar surface area (TPSA) is 73.3 Å². The van der Waals surface area contributed by atoms with Crippen molar-refractivity contribution in [3.8, 4) is 0 Å². The predicted molar refractivity (Wildman–Crippen MR) is 26.0 cm³/mol. The number of hydrogen-bond donors (Lipinski definition) is 1. The van der Waals surface area contributed by atoms with Crippen molar-refractivity contribution in [1.82, 2.24) is 0 Å². The van der Waals surface area contributed by atoms with Gasteiger partial charge in [-0.25, -0.2) is 0 Å². The minimum Gasteiger partial charge on any atom is -0.870 e. The van der Waals surface area contributed by atoms with Crippen molar-refractivity contribution in [2.24, 2.45) is 0 Å². The van der Waals surface area contributed by atoms with Crippen molar-refractivity contribution in [1.29, 1.82) is 0 Å². The van der Waals surface area contributed by atoms with E-state index in [0.29, 0.717) is 0 Å². The van der Waals surface area contributed by atoms with E-state index in [1.54, 1.807) is 6.26 Å². The average molecular weight is 149 g/mol. The zero-order valence-corrected chi connectivity index (χ0v) is 8.50. The molecule has 0 aliphatic carbocycles. The van der Waals surface area contributed by atoms with Crippen LogP contribution in [0.4, 0.5) is 0 Å². The van der Waals surface area contributed by atoms with Crippen LogP contribution in [0.15, 0.2) is 0 Å². The molecule has 0 aromatic rings. The average Bonchev–Trinajstić information content (AvgIpc) is 1.46. The van der Waals surface area contributed by atoms with Crippen LogP contribution in [0, 0.1) is 0 Å². The first-order valence-corrected chi connectivity index (χ1v) is 1.99. The van der Waals surface area contributed by atoms with Gasteiger partial charge in [-0.15, -0.1) is 0 Å². The van der Waals surface area contributed by atoms with Crippen molar-refractivity contribution in [3.63, 3.8) is 0 Å². The van der Waals surface area contributed by atoms with Gasteiger partial charge in [0.05, 0.1) is 6.26 Å². The van der Waals surface area contributed by atoms with E-state index in [0.717, 1.165) is 0 Å². The standard InChI is InChI=1S/CH4S.BHO2.K.H2O/c1-2;2-1-3;;/h2H,1H3;2H;;1H2/q;-1;+1;. The van der Waals surface area contributed by atoms with Gasteiger partial charge in [0.15, 0.2) is 7.69 Å². The molecule has 0 fully saturated rings. The van der Waals surface area contributed by atoms with Crippen molar-refractivity contribution in [2.75, 3.05) is 6.26 Å². The SMILES string of the molecule is C[SH2+].[K+].[O-][B]O.[OH-]. The molecule has 0 aromatic heterocycles. The van der Waals surface area contributed by atoms with Crippen molar-refractivity contribution in [3.05, 3.63) is 0 Å². The predicted octanol–water partition coefficient (Wildman–Crippen LogP) is -5.67. The molecule has 6 heteroatoms. The summed E-state index contributed by atoms with van der Waals surface area (Å²) in [5.41, 5.74) is 0. The fraction of sp³-hybridized carbons (Fsp3) is 1.00. The van der Waals surface area contributed by atoms with Crippen LogP contribution in [0.25, 0.3) is 0 Å². The van der Waals surface area contributed by atoms with Gasteiger partial charge in [0, 0.05) is 0 Å². The summed E-state index contributed by atoms with van der Waals surface area (Å²) in [7, 11) is -0.250. The first kappa shape index (κ1) is 23.1. The Morgan fingerprint density at radius 2 is 1.57 bits per heavy atom. The van der Waals surface area contributed by atoms with Gasteiger partial charge in [-0.1, -0.05) is 0 Å². The van der Waals surface area contributed by atoms with Crippen molar-refractivity contribution < 1.29 is 66.9 Å². The van der Waals surface area contributed by atoms with Gasteiger partial charge in [-0.05, 0) is 12.6 Å². The fourth-order valence-electron chi connectivity index (χ4n) is 0. The largest absolute Gasteiger partial charge is 1.00 e. The monoisotopic (exact) mass is 149 g/mol. The zero-order valence-electron chi connectivity index (χ0n) is 4.38. The first-order chi connectivity index (χ1) is 2.41. The molecule has 0 aromatic carbocycles. The van der Waals surface area contributed by atoms with Crippen LogP contribution < -0.4 is 56.4 Å². The second-order valence-corrected chi connectivity index (χ2v) is 0.105. The fourth-order valence-corrected chi connectivity index (χ4v) is 0. The second kappa shape index (κ2) is 44.3. The van der Waals surface area contributed by atoms with Crippen LogP contribution in [0.5, 0.6) is 0 Å². The maximum absolute atomic E-state index is 8.36. The van der Waals surface area contributed by atoms with Gasteiger partial charge in [-0.2, -0.15) is 0 Å². The molecule has 0 amide bonds. The zero-order chi connectivity index (χ0) is 4.71. The molecular formula is CH7BKO3S. The summed E-state index contributed by atoms with van der Waals surface area (Å²) in [5, 5.41) is 15.2. The Hall–Kier alpha value is 1.93. The van der Waals surface area contributed by atoms with Gasteiger partial charge < -0.3 is 15.5 Å². The maximum atomic E-state index is 8.36. The summed E-state index contributed by atoms with van der Waals surface area (Å²) in [6.07, 6.45) is 1.81. The third kappa shape index (κ3) is 74.8. The van der Waals surface area contributed by atoms with Crippen LogP contribution in [0.3, 0.4) is 0 Å². The minimum atomic E-state index is -0.250. The maximum Gasteiger partial charge on any atom is 1.00 e. The molecular weight excluding hydrogens is 142 g/mol. The third-order valence-electron chi connectivity index (χ3n) is 0. The molecule has 0 unspecified atom stereocenters. The first-order valence-electron chi connectivity index (χ1n) is 0.994. The normalized spacial score (nSPS) is 2.86. The molecule has 0 saturated carbocycles. The summed E-state index contributed by atoms with van der Waals surface area (Å²) in [5.74, 6) is 0. The molecule has 0 atom stereocenters. The Balaban J connectivity index is -0.0000000105. The molecule has 0 aliphatic heterocycles. The van der Waals surface area contributed by atoms with E-state index in [1.165, 1.54) is 0 Å². The smallest absolute Gasteiger partial charge is 0.870 e. The Bertz CT molecular complexity index is 14.9. The molecule has 39 valence electrons. The van der Waals surface area contributed by atoms with Gasteiger partial charge in [-0.3, -0.25) is 0 Å². The minimum absolute atomic E-state index is 0. The molecule has 7 heavy (non-hydrogen) atoms. The van der Waals surface area contributed by atoms with E-state index in [-0.39, 0.29) is 64.5 Å². The molecule has 3 nitrogen and oxygen atoms in total. The van der Waals surface area contributed by atoms with E-state index >= 15 is 0 Å². The summed E-state index contributed by atoms with van der Waals surface area (Å²) in [6.45, 7) is 0. The molecule has 0 spiro atoms. The van der Waals surface area contributed by atoms with E-state index in [4.69, 9.17) is 10.0 Å². The van der Waals surface area contributed by atoms with E-state index in [1.807, 2.05) is 0 Å². The molecule has 1 radical (unpaired) electrons. The Labute approximate surface area is 91.9 Å². The molecule has 0 rings (SSSR count). The van der Waals surface area contributed by atoms with Crippen LogP contribution in [-0.2, 0) is 12.6 Å². The van der Waals surface area contributed by atoms with Crippen LogP contribution in [-0.4, -0.2) is 24.4 Å². The molecule has 2 N–H and O–H groups in total. The molecule has 0 bridgehead atoms. The van der Waals surface area contributed by atoms with Crippen molar-refractivity contribution >= 4 is 20.3 Å². The van der Waals surface area contributed by atoms with Crippen LogP contribution in [0.1, 0.15) is 0 Å². The van der Waals surface area contributed by atoms with Crippen LogP contribution >= 0.6 is 0 Å². The quantitative estimate of drug-likeness (QED) is 0.275. The van der Waals surface area contributed by atoms with Gasteiger partial charge in [0.2, 0.25) is 0 Å². The third-order valence-corrected chi connectivity index (χ3v) is 0. The molecule has 0 saturated heterocycles. The summed E-state index contributed by atoms with van der Waals surface area (Å²) >= 11 is 2.97. The number of hydrogen-bond acceptors (Lipinski definition) is 3. The molecule has 0 aliphatic rings. The summed E-state index contributed by atoms with van der Waals surface area (Å²) in [6, 6.07) is 0. The molecule has 0 heterocycles. The summed E-state index contributed by atoms with van der Waals surface area (Å²) in [4.78, 5) is 0.